The standard InChI is InChI=1S/C20H22N4O3/c1-14-3-2-4-16(11-14)13-23-20(27)24-18(19(26)22-10-9-21)12-15-5-7-17(25)8-6-15/h2-8,11,18,25H,10,12-13H2,1H3,(H,22,26)(H2,23,24,27). The fraction of sp³-hybridized carbons (Fsp3) is 0.250. The van der Waals surface area contributed by atoms with Gasteiger partial charge in [-0.15, -0.1) is 0 Å². The van der Waals surface area contributed by atoms with E-state index in [2.05, 4.69) is 16.0 Å². The summed E-state index contributed by atoms with van der Waals surface area (Å²) in [4.78, 5) is 24.5. The molecule has 0 fully saturated rings. The molecule has 2 rings (SSSR count). The molecule has 2 aromatic carbocycles. The normalized spacial score (nSPS) is 11.1. The molecule has 7 nitrogen and oxygen atoms in total. The minimum Gasteiger partial charge on any atom is -0.508 e. The predicted molar refractivity (Wildman–Crippen MR) is 101 cm³/mol. The van der Waals surface area contributed by atoms with E-state index in [9.17, 15) is 14.7 Å². The Kier molecular flexibility index (Phi) is 7.20. The highest BCUT2D eigenvalue weighted by atomic mass is 16.3. The molecule has 3 amide bonds. The molecule has 1 unspecified atom stereocenters. The van der Waals surface area contributed by atoms with Gasteiger partial charge < -0.3 is 21.1 Å². The van der Waals surface area contributed by atoms with Gasteiger partial charge in [-0.1, -0.05) is 42.0 Å². The number of aromatic hydroxyl groups is 1. The largest absolute Gasteiger partial charge is 0.508 e. The number of hydrogen-bond donors (Lipinski definition) is 4. The molecule has 0 saturated carbocycles. The lowest BCUT2D eigenvalue weighted by Gasteiger charge is -2.18. The molecule has 7 heteroatoms. The van der Waals surface area contributed by atoms with Gasteiger partial charge >= 0.3 is 6.03 Å². The number of phenols is 1. The van der Waals surface area contributed by atoms with Crippen molar-refractivity contribution in [3.05, 3.63) is 65.2 Å². The molecule has 0 bridgehead atoms. The van der Waals surface area contributed by atoms with Crippen LogP contribution < -0.4 is 16.0 Å². The molecule has 0 heterocycles. The van der Waals surface area contributed by atoms with Crippen LogP contribution in [0.5, 0.6) is 5.75 Å². The van der Waals surface area contributed by atoms with Crippen LogP contribution >= 0.6 is 0 Å². The van der Waals surface area contributed by atoms with Crippen LogP contribution in [0.3, 0.4) is 0 Å². The zero-order valence-electron chi connectivity index (χ0n) is 15.0. The first-order valence-electron chi connectivity index (χ1n) is 8.50. The van der Waals surface area contributed by atoms with Gasteiger partial charge in [0.25, 0.3) is 0 Å². The van der Waals surface area contributed by atoms with Gasteiger partial charge in [-0.25, -0.2) is 4.79 Å². The summed E-state index contributed by atoms with van der Waals surface area (Å²) in [7, 11) is 0. The molecule has 27 heavy (non-hydrogen) atoms. The minimum absolute atomic E-state index is 0.119. The number of phenolic OH excluding ortho intramolecular Hbond substituents is 1. The topological polar surface area (TPSA) is 114 Å². The number of amides is 3. The number of hydrogen-bond acceptors (Lipinski definition) is 4. The fourth-order valence-corrected chi connectivity index (χ4v) is 2.54. The molecular weight excluding hydrogens is 344 g/mol. The van der Waals surface area contributed by atoms with Gasteiger partial charge in [0, 0.05) is 13.0 Å². The SMILES string of the molecule is Cc1cccc(CNC(=O)NC(Cc2ccc(O)cc2)C(=O)NCC#N)c1. The number of benzene rings is 2. The highest BCUT2D eigenvalue weighted by Gasteiger charge is 2.21. The van der Waals surface area contributed by atoms with Crippen LogP contribution in [0.4, 0.5) is 4.79 Å². The monoisotopic (exact) mass is 366 g/mol. The van der Waals surface area contributed by atoms with Gasteiger partial charge in [-0.05, 0) is 30.2 Å². The molecule has 1 atom stereocenters. The summed E-state index contributed by atoms with van der Waals surface area (Å²) < 4.78 is 0. The summed E-state index contributed by atoms with van der Waals surface area (Å²) in [5.74, 6) is -0.330. The van der Waals surface area contributed by atoms with Crippen molar-refractivity contribution >= 4 is 11.9 Å². The van der Waals surface area contributed by atoms with E-state index in [0.29, 0.717) is 6.54 Å². The van der Waals surface area contributed by atoms with Crippen LogP contribution in [0, 0.1) is 18.3 Å². The van der Waals surface area contributed by atoms with Gasteiger partial charge in [0.2, 0.25) is 5.91 Å². The maximum Gasteiger partial charge on any atom is 0.315 e. The Hall–Kier alpha value is -3.53. The number of urea groups is 1. The molecule has 2 aromatic rings. The second kappa shape index (κ2) is 9.82. The van der Waals surface area contributed by atoms with E-state index in [1.807, 2.05) is 37.3 Å². The second-order valence-electron chi connectivity index (χ2n) is 6.12. The van der Waals surface area contributed by atoms with Crippen LogP contribution in [-0.2, 0) is 17.8 Å². The maximum absolute atomic E-state index is 12.3. The number of carbonyl (C=O) groups is 2. The molecule has 0 saturated heterocycles. The van der Waals surface area contributed by atoms with E-state index in [-0.39, 0.29) is 18.7 Å². The number of nitrogens with zero attached hydrogens (tertiary/aromatic N) is 1. The van der Waals surface area contributed by atoms with E-state index in [4.69, 9.17) is 5.26 Å². The molecular formula is C20H22N4O3. The van der Waals surface area contributed by atoms with Crippen molar-refractivity contribution in [1.29, 1.82) is 5.26 Å². The third-order valence-corrected chi connectivity index (χ3v) is 3.88. The smallest absolute Gasteiger partial charge is 0.315 e. The van der Waals surface area contributed by atoms with Crippen LogP contribution in [0.25, 0.3) is 0 Å². The summed E-state index contributed by atoms with van der Waals surface area (Å²) in [6.07, 6.45) is 0.232. The number of carbonyl (C=O) groups excluding carboxylic acids is 2. The second-order valence-corrected chi connectivity index (χ2v) is 6.12. The highest BCUT2D eigenvalue weighted by molar-refractivity contribution is 5.87. The Labute approximate surface area is 158 Å². The average molecular weight is 366 g/mol. The van der Waals surface area contributed by atoms with E-state index >= 15 is 0 Å². The average Bonchev–Trinajstić information content (AvgIpc) is 2.65. The quantitative estimate of drug-likeness (QED) is 0.559. The molecule has 0 aliphatic rings. The molecule has 0 spiro atoms. The van der Waals surface area contributed by atoms with Crippen molar-refractivity contribution < 1.29 is 14.7 Å². The van der Waals surface area contributed by atoms with Crippen LogP contribution in [0.2, 0.25) is 0 Å². The van der Waals surface area contributed by atoms with Crippen LogP contribution in [-0.4, -0.2) is 29.6 Å². The van der Waals surface area contributed by atoms with Crippen LogP contribution in [0.1, 0.15) is 16.7 Å². The van der Waals surface area contributed by atoms with E-state index in [1.54, 1.807) is 12.1 Å². The highest BCUT2D eigenvalue weighted by Crippen LogP contribution is 2.11. The fourth-order valence-electron chi connectivity index (χ4n) is 2.54. The zero-order chi connectivity index (χ0) is 19.6. The number of nitrogens with one attached hydrogen (secondary N) is 3. The summed E-state index contributed by atoms with van der Waals surface area (Å²) >= 11 is 0. The van der Waals surface area contributed by atoms with Gasteiger partial charge in [0.05, 0.1) is 6.07 Å². The van der Waals surface area contributed by atoms with Crippen LogP contribution in [0.15, 0.2) is 48.5 Å². The molecule has 0 aromatic heterocycles. The summed E-state index contributed by atoms with van der Waals surface area (Å²) in [6, 6.07) is 14.6. The lowest BCUT2D eigenvalue weighted by atomic mass is 10.1. The molecule has 0 radical (unpaired) electrons. The molecule has 140 valence electrons. The van der Waals surface area contributed by atoms with Gasteiger partial charge in [0.15, 0.2) is 0 Å². The van der Waals surface area contributed by atoms with Crippen molar-refractivity contribution in [2.45, 2.75) is 25.9 Å². The third-order valence-electron chi connectivity index (χ3n) is 3.88. The first-order valence-corrected chi connectivity index (χ1v) is 8.50. The third kappa shape index (κ3) is 6.71. The Balaban J connectivity index is 1.99. The molecule has 0 aliphatic carbocycles. The lowest BCUT2D eigenvalue weighted by Crippen LogP contribution is -2.51. The summed E-state index contributed by atoms with van der Waals surface area (Å²) in [5, 5.41) is 25.8. The van der Waals surface area contributed by atoms with E-state index in [1.165, 1.54) is 12.1 Å². The summed E-state index contributed by atoms with van der Waals surface area (Å²) in [5.41, 5.74) is 2.81. The molecule has 0 aliphatic heterocycles. The van der Waals surface area contributed by atoms with Gasteiger partial charge in [-0.3, -0.25) is 4.79 Å². The number of rotatable bonds is 7. The summed E-state index contributed by atoms with van der Waals surface area (Å²) in [6.45, 7) is 2.16. The first-order chi connectivity index (χ1) is 13.0. The van der Waals surface area contributed by atoms with Crippen molar-refractivity contribution in [3.8, 4) is 11.8 Å². The number of aryl methyl sites for hydroxylation is 1. The first kappa shape index (κ1) is 19.8. The van der Waals surface area contributed by atoms with Crippen molar-refractivity contribution in [2.75, 3.05) is 6.54 Å². The maximum atomic E-state index is 12.3. The van der Waals surface area contributed by atoms with E-state index in [0.717, 1.165) is 16.7 Å². The Morgan fingerprint density at radius 3 is 2.52 bits per heavy atom. The van der Waals surface area contributed by atoms with Crippen molar-refractivity contribution in [2.24, 2.45) is 0 Å². The van der Waals surface area contributed by atoms with Gasteiger partial charge in [-0.2, -0.15) is 5.26 Å². The Morgan fingerprint density at radius 1 is 1.11 bits per heavy atom. The lowest BCUT2D eigenvalue weighted by molar-refractivity contribution is -0.122. The molecule has 4 N–H and O–H groups in total. The Bertz CT molecular complexity index is 828. The predicted octanol–water partition coefficient (Wildman–Crippen LogP) is 1.75. The van der Waals surface area contributed by atoms with Crippen molar-refractivity contribution in [3.63, 3.8) is 0 Å². The van der Waals surface area contributed by atoms with E-state index < -0.39 is 18.0 Å². The minimum atomic E-state index is -0.847. The zero-order valence-corrected chi connectivity index (χ0v) is 15.0. The van der Waals surface area contributed by atoms with Gasteiger partial charge in [0.1, 0.15) is 18.3 Å². The van der Waals surface area contributed by atoms with Crippen molar-refractivity contribution in [1.82, 2.24) is 16.0 Å². The Morgan fingerprint density at radius 2 is 1.85 bits per heavy atom. The number of nitriles is 1.